The van der Waals surface area contributed by atoms with Crippen molar-refractivity contribution < 1.29 is 24.3 Å². The molecule has 0 fully saturated rings. The first-order chi connectivity index (χ1) is 13.7. The number of nitrogens with one attached hydrogen (secondary N) is 2. The number of carboxylic acids is 1. The summed E-state index contributed by atoms with van der Waals surface area (Å²) in [6.07, 6.45) is 2.12. The van der Waals surface area contributed by atoms with Gasteiger partial charge in [-0.3, -0.25) is 14.4 Å². The summed E-state index contributed by atoms with van der Waals surface area (Å²) in [5, 5.41) is 14.2. The van der Waals surface area contributed by atoms with Crippen LogP contribution in [0.3, 0.4) is 0 Å². The molecule has 0 aliphatic heterocycles. The fourth-order valence-corrected chi connectivity index (χ4v) is 3.03. The van der Waals surface area contributed by atoms with Gasteiger partial charge in [-0.15, -0.1) is 0 Å². The molecule has 0 spiro atoms. The SMILES string of the molecule is CSCC[C@H](NC(=O)[C@H](CCC(N)=O)NC(=O)[C@@H](N)Cc1ccccc1)C(=O)O. The molecular weight excluding hydrogens is 396 g/mol. The number of carboxylic acid groups (broad SMARTS) is 1. The van der Waals surface area contributed by atoms with Crippen molar-refractivity contribution in [3.05, 3.63) is 35.9 Å². The molecule has 9 nitrogen and oxygen atoms in total. The number of amides is 3. The van der Waals surface area contributed by atoms with E-state index in [-0.39, 0.29) is 25.7 Å². The molecule has 3 amide bonds. The van der Waals surface area contributed by atoms with Crippen molar-refractivity contribution in [1.29, 1.82) is 0 Å². The van der Waals surface area contributed by atoms with Gasteiger partial charge in [0.15, 0.2) is 0 Å². The highest BCUT2D eigenvalue weighted by Crippen LogP contribution is 2.06. The molecule has 0 saturated carbocycles. The zero-order valence-corrected chi connectivity index (χ0v) is 17.1. The van der Waals surface area contributed by atoms with Crippen molar-refractivity contribution >= 4 is 35.5 Å². The molecule has 0 aliphatic rings. The highest BCUT2D eigenvalue weighted by atomic mass is 32.2. The fraction of sp³-hybridized carbons (Fsp3) is 0.474. The van der Waals surface area contributed by atoms with E-state index in [4.69, 9.17) is 11.5 Å². The van der Waals surface area contributed by atoms with Gasteiger partial charge in [-0.1, -0.05) is 30.3 Å². The first-order valence-electron chi connectivity index (χ1n) is 9.14. The first-order valence-corrected chi connectivity index (χ1v) is 10.5. The third kappa shape index (κ3) is 9.44. The van der Waals surface area contributed by atoms with E-state index in [0.717, 1.165) is 5.56 Å². The minimum atomic E-state index is -1.17. The zero-order chi connectivity index (χ0) is 21.8. The van der Waals surface area contributed by atoms with Crippen LogP contribution in [0.15, 0.2) is 30.3 Å². The van der Waals surface area contributed by atoms with Gasteiger partial charge in [0.2, 0.25) is 17.7 Å². The monoisotopic (exact) mass is 424 g/mol. The number of hydrogen-bond acceptors (Lipinski definition) is 6. The molecule has 160 valence electrons. The smallest absolute Gasteiger partial charge is 0.326 e. The molecule has 0 radical (unpaired) electrons. The molecule has 3 atom stereocenters. The fourth-order valence-electron chi connectivity index (χ4n) is 2.56. The van der Waals surface area contributed by atoms with Gasteiger partial charge in [0.25, 0.3) is 0 Å². The molecule has 29 heavy (non-hydrogen) atoms. The maximum atomic E-state index is 12.6. The molecule has 1 aromatic rings. The Hall–Kier alpha value is -2.59. The van der Waals surface area contributed by atoms with Gasteiger partial charge in [0, 0.05) is 6.42 Å². The molecule has 1 rings (SSSR count). The summed E-state index contributed by atoms with van der Waals surface area (Å²) in [7, 11) is 0. The van der Waals surface area contributed by atoms with E-state index >= 15 is 0 Å². The number of rotatable bonds is 13. The molecular formula is C19H28N4O5S. The van der Waals surface area contributed by atoms with Crippen LogP contribution in [0, 0.1) is 0 Å². The second-order valence-electron chi connectivity index (χ2n) is 6.54. The maximum absolute atomic E-state index is 12.6. The molecule has 0 aromatic heterocycles. The largest absolute Gasteiger partial charge is 0.480 e. The highest BCUT2D eigenvalue weighted by molar-refractivity contribution is 7.98. The summed E-state index contributed by atoms with van der Waals surface area (Å²) in [5.41, 5.74) is 11.9. The molecule has 1 aromatic carbocycles. The van der Waals surface area contributed by atoms with E-state index in [0.29, 0.717) is 5.75 Å². The van der Waals surface area contributed by atoms with Crippen LogP contribution in [0.25, 0.3) is 0 Å². The second kappa shape index (κ2) is 12.8. The Labute approximate surface area is 174 Å². The Balaban J connectivity index is 2.78. The minimum absolute atomic E-state index is 0.0557. The molecule has 0 saturated heterocycles. The summed E-state index contributed by atoms with van der Waals surface area (Å²) in [5.74, 6) is -2.54. The van der Waals surface area contributed by atoms with Crippen LogP contribution < -0.4 is 22.1 Å². The lowest BCUT2D eigenvalue weighted by molar-refractivity contribution is -0.142. The number of benzene rings is 1. The third-order valence-electron chi connectivity index (χ3n) is 4.17. The van der Waals surface area contributed by atoms with Crippen LogP contribution in [-0.2, 0) is 25.6 Å². The zero-order valence-electron chi connectivity index (χ0n) is 16.3. The molecule has 0 aliphatic carbocycles. The Bertz CT molecular complexity index is 701. The molecule has 0 bridgehead atoms. The molecule has 10 heteroatoms. The molecule has 7 N–H and O–H groups in total. The van der Waals surface area contributed by atoms with Crippen molar-refractivity contribution in [2.75, 3.05) is 12.0 Å². The Morgan fingerprint density at radius 2 is 1.66 bits per heavy atom. The topological polar surface area (TPSA) is 165 Å². The van der Waals surface area contributed by atoms with E-state index in [9.17, 15) is 24.3 Å². The summed E-state index contributed by atoms with van der Waals surface area (Å²) in [6.45, 7) is 0. The average molecular weight is 425 g/mol. The lowest BCUT2D eigenvalue weighted by atomic mass is 10.0. The second-order valence-corrected chi connectivity index (χ2v) is 7.53. The summed E-state index contributed by atoms with van der Waals surface area (Å²) in [4.78, 5) is 47.5. The number of primary amides is 1. The van der Waals surface area contributed by atoms with Gasteiger partial charge in [-0.05, 0) is 36.8 Å². The van der Waals surface area contributed by atoms with Crippen LogP contribution in [-0.4, -0.2) is 58.9 Å². The van der Waals surface area contributed by atoms with Gasteiger partial charge < -0.3 is 27.2 Å². The minimum Gasteiger partial charge on any atom is -0.480 e. The van der Waals surface area contributed by atoms with Crippen LogP contribution in [0.1, 0.15) is 24.8 Å². The average Bonchev–Trinajstić information content (AvgIpc) is 2.68. The number of hydrogen-bond donors (Lipinski definition) is 5. The van der Waals surface area contributed by atoms with Crippen molar-refractivity contribution in [2.45, 2.75) is 43.8 Å². The van der Waals surface area contributed by atoms with Crippen molar-refractivity contribution in [2.24, 2.45) is 11.5 Å². The van der Waals surface area contributed by atoms with Crippen LogP contribution in [0.2, 0.25) is 0 Å². The van der Waals surface area contributed by atoms with Crippen molar-refractivity contribution in [3.63, 3.8) is 0 Å². The van der Waals surface area contributed by atoms with Gasteiger partial charge in [0.1, 0.15) is 12.1 Å². The van der Waals surface area contributed by atoms with E-state index < -0.39 is 41.8 Å². The van der Waals surface area contributed by atoms with Gasteiger partial charge in [-0.2, -0.15) is 11.8 Å². The Morgan fingerprint density at radius 1 is 1.03 bits per heavy atom. The Kier molecular flexibility index (Phi) is 10.8. The Morgan fingerprint density at radius 3 is 2.21 bits per heavy atom. The lowest BCUT2D eigenvalue weighted by Crippen LogP contribution is -2.55. The van der Waals surface area contributed by atoms with E-state index in [1.807, 2.05) is 36.6 Å². The van der Waals surface area contributed by atoms with Gasteiger partial charge in [-0.25, -0.2) is 4.79 Å². The van der Waals surface area contributed by atoms with Gasteiger partial charge >= 0.3 is 5.97 Å². The normalized spacial score (nSPS) is 13.7. The van der Waals surface area contributed by atoms with E-state index in [1.165, 1.54) is 11.8 Å². The number of carbonyl (C=O) groups is 4. The number of aliphatic carboxylic acids is 1. The van der Waals surface area contributed by atoms with Crippen molar-refractivity contribution in [3.8, 4) is 0 Å². The van der Waals surface area contributed by atoms with Crippen LogP contribution in [0.5, 0.6) is 0 Å². The number of thioether (sulfide) groups is 1. The maximum Gasteiger partial charge on any atom is 0.326 e. The first kappa shape index (κ1) is 24.4. The summed E-state index contributed by atoms with van der Waals surface area (Å²) in [6, 6.07) is 6.02. The summed E-state index contributed by atoms with van der Waals surface area (Å²) < 4.78 is 0. The van der Waals surface area contributed by atoms with Crippen LogP contribution >= 0.6 is 11.8 Å². The summed E-state index contributed by atoms with van der Waals surface area (Å²) >= 11 is 1.45. The van der Waals surface area contributed by atoms with E-state index in [1.54, 1.807) is 0 Å². The van der Waals surface area contributed by atoms with E-state index in [2.05, 4.69) is 10.6 Å². The van der Waals surface area contributed by atoms with Crippen LogP contribution in [0.4, 0.5) is 0 Å². The number of carbonyl (C=O) groups excluding carboxylic acids is 3. The third-order valence-corrected chi connectivity index (χ3v) is 4.82. The quantitative estimate of drug-likeness (QED) is 0.288. The lowest BCUT2D eigenvalue weighted by Gasteiger charge is -2.22. The number of nitrogens with two attached hydrogens (primary N) is 2. The molecule has 0 unspecified atom stereocenters. The van der Waals surface area contributed by atoms with Crippen molar-refractivity contribution in [1.82, 2.24) is 10.6 Å². The standard InChI is InChI=1S/C19H28N4O5S/c1-29-10-9-15(19(27)28)23-18(26)14(7-8-16(21)24)22-17(25)13(20)11-12-5-3-2-4-6-12/h2-6,13-15H,7-11,20H2,1H3,(H2,21,24)(H,22,25)(H,23,26)(H,27,28)/t13-,14-,15-/m0/s1. The highest BCUT2D eigenvalue weighted by Gasteiger charge is 2.28. The predicted molar refractivity (Wildman–Crippen MR) is 111 cm³/mol. The van der Waals surface area contributed by atoms with Gasteiger partial charge in [0.05, 0.1) is 6.04 Å². The molecule has 0 heterocycles. The predicted octanol–water partition coefficient (Wildman–Crippen LogP) is -0.371.